The van der Waals surface area contributed by atoms with Gasteiger partial charge in [-0.15, -0.1) is 11.8 Å². The summed E-state index contributed by atoms with van der Waals surface area (Å²) in [5.41, 5.74) is 2.25. The van der Waals surface area contributed by atoms with Crippen LogP contribution in [0.15, 0.2) is 52.3 Å². The number of carbonyl (C=O) groups excluding carboxylic acids is 2. The quantitative estimate of drug-likeness (QED) is 0.672. The summed E-state index contributed by atoms with van der Waals surface area (Å²) in [4.78, 5) is 27.8. The first kappa shape index (κ1) is 22.8. The highest BCUT2D eigenvalue weighted by Crippen LogP contribution is 2.36. The van der Waals surface area contributed by atoms with Gasteiger partial charge in [-0.3, -0.25) is 9.59 Å². The van der Waals surface area contributed by atoms with E-state index >= 15 is 0 Å². The Bertz CT molecular complexity index is 1170. The van der Waals surface area contributed by atoms with Crippen molar-refractivity contribution in [3.63, 3.8) is 0 Å². The number of thioether (sulfide) groups is 1. The average Bonchev–Trinajstić information content (AvgIpc) is 3.37. The van der Waals surface area contributed by atoms with E-state index in [2.05, 4.69) is 5.32 Å². The average molecular weight is 474 g/mol. The Balaban J connectivity index is 1.57. The number of rotatable bonds is 5. The molecule has 2 heterocycles. The fraction of sp³-hybridized carbons (Fsp3) is 0.391. The zero-order valence-corrected chi connectivity index (χ0v) is 20.0. The summed E-state index contributed by atoms with van der Waals surface area (Å²) in [5, 5.41) is 2.88. The number of hydrogen-bond donors (Lipinski definition) is 1. The lowest BCUT2D eigenvalue weighted by Crippen LogP contribution is -2.43. The van der Waals surface area contributed by atoms with Crippen molar-refractivity contribution < 1.29 is 18.0 Å². The molecule has 32 heavy (non-hydrogen) atoms. The summed E-state index contributed by atoms with van der Waals surface area (Å²) in [7, 11) is -3.85. The van der Waals surface area contributed by atoms with Gasteiger partial charge in [-0.1, -0.05) is 6.07 Å². The van der Waals surface area contributed by atoms with Crippen LogP contribution in [-0.4, -0.2) is 49.4 Å². The van der Waals surface area contributed by atoms with Crippen molar-refractivity contribution in [1.82, 2.24) is 4.31 Å². The molecule has 0 aromatic heterocycles. The number of nitrogens with one attached hydrogen (secondary N) is 1. The molecule has 9 heteroatoms. The van der Waals surface area contributed by atoms with Gasteiger partial charge >= 0.3 is 0 Å². The van der Waals surface area contributed by atoms with Crippen LogP contribution in [0, 0.1) is 0 Å². The van der Waals surface area contributed by atoms with Gasteiger partial charge in [-0.2, -0.15) is 4.31 Å². The van der Waals surface area contributed by atoms with Crippen LogP contribution in [0.2, 0.25) is 0 Å². The smallest absolute Gasteiger partial charge is 0.243 e. The minimum absolute atomic E-state index is 0.0113. The van der Waals surface area contributed by atoms with Crippen LogP contribution in [0.3, 0.4) is 0 Å². The third-order valence-corrected chi connectivity index (χ3v) is 8.69. The van der Waals surface area contributed by atoms with Gasteiger partial charge in [-0.25, -0.2) is 8.42 Å². The topological polar surface area (TPSA) is 86.8 Å². The van der Waals surface area contributed by atoms with Crippen molar-refractivity contribution >= 4 is 45.0 Å². The first-order valence-electron chi connectivity index (χ1n) is 10.6. The van der Waals surface area contributed by atoms with E-state index in [0.29, 0.717) is 31.5 Å². The van der Waals surface area contributed by atoms with Crippen LogP contribution in [0.1, 0.15) is 32.3 Å². The van der Waals surface area contributed by atoms with E-state index in [0.717, 1.165) is 16.1 Å². The molecule has 0 unspecified atom stereocenters. The second-order valence-electron chi connectivity index (χ2n) is 8.23. The maximum atomic E-state index is 13.5. The SMILES string of the molecule is CSc1cccc(NC(=O)[C@H]2CCCN2S(=O)(=O)c2ccc3c(c2)C[C@H](C)N3C(C)=O)c1. The van der Waals surface area contributed by atoms with E-state index in [1.165, 1.54) is 17.3 Å². The molecule has 0 aliphatic carbocycles. The molecule has 4 rings (SSSR count). The molecule has 170 valence electrons. The fourth-order valence-corrected chi connectivity index (χ4v) is 6.77. The van der Waals surface area contributed by atoms with Crippen LogP contribution in [0.4, 0.5) is 11.4 Å². The number of hydrogen-bond acceptors (Lipinski definition) is 5. The third-order valence-electron chi connectivity index (χ3n) is 6.06. The Morgan fingerprint density at radius 3 is 2.66 bits per heavy atom. The molecule has 2 aromatic carbocycles. The molecule has 1 saturated heterocycles. The zero-order chi connectivity index (χ0) is 23.0. The highest BCUT2D eigenvalue weighted by Gasteiger charge is 2.40. The Hall–Kier alpha value is -2.36. The van der Waals surface area contributed by atoms with Crippen molar-refractivity contribution in [3.8, 4) is 0 Å². The second-order valence-corrected chi connectivity index (χ2v) is 11.0. The number of fused-ring (bicyclic) bond motifs is 1. The van der Waals surface area contributed by atoms with Gasteiger partial charge in [0.2, 0.25) is 21.8 Å². The van der Waals surface area contributed by atoms with E-state index in [-0.39, 0.29) is 22.8 Å². The largest absolute Gasteiger partial charge is 0.325 e. The van der Waals surface area contributed by atoms with E-state index in [4.69, 9.17) is 0 Å². The second kappa shape index (κ2) is 8.88. The van der Waals surface area contributed by atoms with Crippen molar-refractivity contribution in [2.24, 2.45) is 0 Å². The molecule has 0 bridgehead atoms. The van der Waals surface area contributed by atoms with Crippen LogP contribution >= 0.6 is 11.8 Å². The first-order valence-corrected chi connectivity index (χ1v) is 13.3. The summed E-state index contributed by atoms with van der Waals surface area (Å²) in [6, 6.07) is 11.6. The molecular formula is C23H27N3O4S2. The van der Waals surface area contributed by atoms with E-state index in [1.807, 2.05) is 31.4 Å². The molecule has 2 amide bonds. The predicted octanol–water partition coefficient (Wildman–Crippen LogP) is 3.50. The lowest BCUT2D eigenvalue weighted by Gasteiger charge is -2.24. The lowest BCUT2D eigenvalue weighted by atomic mass is 10.1. The molecule has 2 aliphatic rings. The number of anilines is 2. The van der Waals surface area contributed by atoms with Gasteiger partial charge in [0.05, 0.1) is 4.90 Å². The number of sulfonamides is 1. The summed E-state index contributed by atoms with van der Waals surface area (Å²) < 4.78 is 28.2. The van der Waals surface area contributed by atoms with Crippen LogP contribution in [-0.2, 0) is 26.0 Å². The molecule has 0 saturated carbocycles. The summed E-state index contributed by atoms with van der Waals surface area (Å²) in [6.07, 6.45) is 3.67. The number of amides is 2. The van der Waals surface area contributed by atoms with E-state index < -0.39 is 16.1 Å². The Labute approximate surface area is 193 Å². The van der Waals surface area contributed by atoms with Gasteiger partial charge in [0.25, 0.3) is 0 Å². The van der Waals surface area contributed by atoms with Crippen molar-refractivity contribution in [2.75, 3.05) is 23.0 Å². The van der Waals surface area contributed by atoms with Crippen molar-refractivity contribution in [3.05, 3.63) is 48.0 Å². The van der Waals surface area contributed by atoms with Crippen LogP contribution < -0.4 is 10.2 Å². The Morgan fingerprint density at radius 1 is 1.16 bits per heavy atom. The summed E-state index contributed by atoms with van der Waals surface area (Å²) >= 11 is 1.57. The molecule has 0 radical (unpaired) electrons. The molecule has 1 N–H and O–H groups in total. The van der Waals surface area contributed by atoms with Gasteiger partial charge in [0, 0.05) is 35.8 Å². The summed E-state index contributed by atoms with van der Waals surface area (Å²) in [5.74, 6) is -0.379. The Kier molecular flexibility index (Phi) is 6.33. The van der Waals surface area contributed by atoms with Gasteiger partial charge in [0.1, 0.15) is 6.04 Å². The maximum absolute atomic E-state index is 13.5. The summed E-state index contributed by atoms with van der Waals surface area (Å²) in [6.45, 7) is 3.76. The molecule has 2 aliphatic heterocycles. The third kappa shape index (κ3) is 4.16. The monoisotopic (exact) mass is 473 g/mol. The minimum atomic E-state index is -3.85. The Morgan fingerprint density at radius 2 is 1.94 bits per heavy atom. The van der Waals surface area contributed by atoms with Crippen molar-refractivity contribution in [1.29, 1.82) is 0 Å². The van der Waals surface area contributed by atoms with Gasteiger partial charge < -0.3 is 10.2 Å². The molecule has 0 spiro atoms. The molecule has 1 fully saturated rings. The number of nitrogens with zero attached hydrogens (tertiary/aromatic N) is 2. The van der Waals surface area contributed by atoms with E-state index in [9.17, 15) is 18.0 Å². The van der Waals surface area contributed by atoms with E-state index in [1.54, 1.807) is 34.9 Å². The highest BCUT2D eigenvalue weighted by molar-refractivity contribution is 7.98. The van der Waals surface area contributed by atoms with Crippen molar-refractivity contribution in [2.45, 2.75) is 55.0 Å². The molecule has 2 aromatic rings. The number of benzene rings is 2. The lowest BCUT2D eigenvalue weighted by molar-refractivity contribution is -0.119. The molecule has 7 nitrogen and oxygen atoms in total. The fourth-order valence-electron chi connectivity index (χ4n) is 4.60. The van der Waals surface area contributed by atoms with Gasteiger partial charge in [-0.05, 0) is 74.4 Å². The predicted molar refractivity (Wildman–Crippen MR) is 127 cm³/mol. The van der Waals surface area contributed by atoms with Gasteiger partial charge in [0.15, 0.2) is 0 Å². The van der Waals surface area contributed by atoms with Crippen LogP contribution in [0.25, 0.3) is 0 Å². The zero-order valence-electron chi connectivity index (χ0n) is 18.4. The molecule has 2 atom stereocenters. The maximum Gasteiger partial charge on any atom is 0.243 e. The normalized spacial score (nSPS) is 20.9. The first-order chi connectivity index (χ1) is 15.2. The standard InChI is InChI=1S/C23H27N3O4S2/c1-15-12-17-13-20(9-10-21(17)26(15)16(2)27)32(29,30)25-11-5-8-22(25)23(28)24-18-6-4-7-19(14-18)31-3/h4,6-7,9-10,13-15,22H,5,8,11-12H2,1-3H3,(H,24,28)/t15-,22+/m0/s1. The van der Waals surface area contributed by atoms with Crippen LogP contribution in [0.5, 0.6) is 0 Å². The molecular weight excluding hydrogens is 446 g/mol. The highest BCUT2D eigenvalue weighted by atomic mass is 32.2. The minimum Gasteiger partial charge on any atom is -0.325 e. The number of carbonyl (C=O) groups is 2.